The van der Waals surface area contributed by atoms with Gasteiger partial charge in [-0.15, -0.1) is 0 Å². The van der Waals surface area contributed by atoms with Gasteiger partial charge in [-0.05, 0) is 6.92 Å². The van der Waals surface area contributed by atoms with Crippen LogP contribution in [0.25, 0.3) is 0 Å². The third-order valence-corrected chi connectivity index (χ3v) is 2.69. The second-order valence-electron chi connectivity index (χ2n) is 4.23. The van der Waals surface area contributed by atoms with Crippen LogP contribution >= 0.6 is 0 Å². The highest BCUT2D eigenvalue weighted by Crippen LogP contribution is 1.98. The number of nitrogens with two attached hydrogens (primary N) is 2. The van der Waals surface area contributed by atoms with Crippen LogP contribution in [0.1, 0.15) is 6.92 Å². The van der Waals surface area contributed by atoms with Crippen LogP contribution in [0.5, 0.6) is 0 Å². The molecule has 2 unspecified atom stereocenters. The molecule has 6 nitrogen and oxygen atoms in total. The van der Waals surface area contributed by atoms with Crippen molar-refractivity contribution in [1.29, 1.82) is 0 Å². The Morgan fingerprint density at radius 2 is 2.12 bits per heavy atom. The molecule has 0 aliphatic carbocycles. The molecule has 1 aliphatic rings. The van der Waals surface area contributed by atoms with E-state index in [1.54, 1.807) is 0 Å². The lowest BCUT2D eigenvalue weighted by molar-refractivity contribution is -0.119. The van der Waals surface area contributed by atoms with Crippen LogP contribution in [0.2, 0.25) is 0 Å². The predicted molar refractivity (Wildman–Crippen MR) is 61.9 cm³/mol. The summed E-state index contributed by atoms with van der Waals surface area (Å²) in [5, 5.41) is 3.20. The van der Waals surface area contributed by atoms with Gasteiger partial charge < -0.3 is 21.5 Å². The number of nitrogens with zero attached hydrogens (tertiary/aromatic N) is 1. The number of ether oxygens (including phenoxy) is 1. The van der Waals surface area contributed by atoms with Crippen LogP contribution in [-0.2, 0) is 9.53 Å². The van der Waals surface area contributed by atoms with E-state index in [2.05, 4.69) is 17.1 Å². The van der Waals surface area contributed by atoms with Gasteiger partial charge in [-0.3, -0.25) is 9.69 Å². The monoisotopic (exact) mass is 230 g/mol. The summed E-state index contributed by atoms with van der Waals surface area (Å²) < 4.78 is 5.27. The Morgan fingerprint density at radius 1 is 1.50 bits per heavy atom. The van der Waals surface area contributed by atoms with Crippen molar-refractivity contribution in [3.05, 3.63) is 0 Å². The van der Waals surface area contributed by atoms with E-state index in [1.165, 1.54) is 0 Å². The molecule has 0 spiro atoms. The summed E-state index contributed by atoms with van der Waals surface area (Å²) >= 11 is 0. The van der Waals surface area contributed by atoms with Crippen molar-refractivity contribution in [2.75, 3.05) is 39.4 Å². The number of hydrogen-bond donors (Lipinski definition) is 3. The predicted octanol–water partition coefficient (Wildman–Crippen LogP) is -1.89. The first-order chi connectivity index (χ1) is 7.59. The molecule has 94 valence electrons. The SMILES string of the molecule is CC(CN1CCOCC1)NCC(N)C(N)=O. The van der Waals surface area contributed by atoms with E-state index in [-0.39, 0.29) is 0 Å². The molecule has 0 aromatic carbocycles. The molecular weight excluding hydrogens is 208 g/mol. The molecule has 0 saturated carbocycles. The molecule has 2 atom stereocenters. The lowest BCUT2D eigenvalue weighted by atomic mass is 10.2. The van der Waals surface area contributed by atoms with Crippen molar-refractivity contribution in [2.24, 2.45) is 11.5 Å². The maximum Gasteiger partial charge on any atom is 0.235 e. The summed E-state index contributed by atoms with van der Waals surface area (Å²) in [6.45, 7) is 6.97. The molecule has 6 heteroatoms. The molecule has 1 heterocycles. The molecule has 0 aromatic heterocycles. The standard InChI is InChI=1S/C10H22N4O2/c1-8(13-6-9(11)10(12)15)7-14-2-4-16-5-3-14/h8-9,13H,2-7,11H2,1H3,(H2,12,15). The van der Waals surface area contributed by atoms with Crippen LogP contribution < -0.4 is 16.8 Å². The van der Waals surface area contributed by atoms with Gasteiger partial charge in [0.05, 0.1) is 19.3 Å². The Bertz CT molecular complexity index is 219. The quantitative estimate of drug-likeness (QED) is 0.496. The second-order valence-corrected chi connectivity index (χ2v) is 4.23. The summed E-state index contributed by atoms with van der Waals surface area (Å²) in [7, 11) is 0. The third kappa shape index (κ3) is 4.89. The number of hydrogen-bond acceptors (Lipinski definition) is 5. The number of nitrogens with one attached hydrogen (secondary N) is 1. The highest BCUT2D eigenvalue weighted by atomic mass is 16.5. The molecule has 0 bridgehead atoms. The summed E-state index contributed by atoms with van der Waals surface area (Å²) in [6, 6.07) is -0.310. The zero-order chi connectivity index (χ0) is 12.0. The number of carbonyl (C=O) groups excluding carboxylic acids is 1. The van der Waals surface area contributed by atoms with Gasteiger partial charge >= 0.3 is 0 Å². The topological polar surface area (TPSA) is 93.6 Å². The van der Waals surface area contributed by atoms with E-state index in [1.807, 2.05) is 0 Å². The largest absolute Gasteiger partial charge is 0.379 e. The van der Waals surface area contributed by atoms with E-state index in [9.17, 15) is 4.79 Å². The Hall–Kier alpha value is -0.690. The molecule has 0 aromatic rings. The van der Waals surface area contributed by atoms with Gasteiger partial charge in [-0.25, -0.2) is 0 Å². The van der Waals surface area contributed by atoms with E-state index in [4.69, 9.17) is 16.2 Å². The normalized spacial score (nSPS) is 21.6. The van der Waals surface area contributed by atoms with Crippen molar-refractivity contribution in [2.45, 2.75) is 19.0 Å². The summed E-state index contributed by atoms with van der Waals surface area (Å²) in [4.78, 5) is 13.1. The molecule has 0 radical (unpaired) electrons. The zero-order valence-corrected chi connectivity index (χ0v) is 9.82. The molecule has 1 fully saturated rings. The second kappa shape index (κ2) is 6.80. The van der Waals surface area contributed by atoms with Crippen LogP contribution in [0, 0.1) is 0 Å². The van der Waals surface area contributed by atoms with Crippen molar-refractivity contribution in [1.82, 2.24) is 10.2 Å². The fourth-order valence-corrected chi connectivity index (χ4v) is 1.66. The van der Waals surface area contributed by atoms with Crippen molar-refractivity contribution < 1.29 is 9.53 Å². The molecule has 1 amide bonds. The minimum atomic E-state index is -0.605. The molecule has 1 rings (SSSR count). The number of morpholine rings is 1. The molecule has 1 aliphatic heterocycles. The fraction of sp³-hybridized carbons (Fsp3) is 0.900. The minimum absolute atomic E-state index is 0.295. The highest BCUT2D eigenvalue weighted by Gasteiger charge is 2.15. The smallest absolute Gasteiger partial charge is 0.235 e. The fourth-order valence-electron chi connectivity index (χ4n) is 1.66. The Labute approximate surface area is 96.3 Å². The summed E-state index contributed by atoms with van der Waals surface area (Å²) in [5.74, 6) is -0.467. The van der Waals surface area contributed by atoms with Crippen molar-refractivity contribution in [3.63, 3.8) is 0 Å². The van der Waals surface area contributed by atoms with E-state index in [0.717, 1.165) is 32.8 Å². The molecule has 16 heavy (non-hydrogen) atoms. The zero-order valence-electron chi connectivity index (χ0n) is 9.82. The van der Waals surface area contributed by atoms with Gasteiger partial charge in [0.1, 0.15) is 0 Å². The summed E-state index contributed by atoms with van der Waals surface area (Å²) in [6.07, 6.45) is 0. The number of carbonyl (C=O) groups is 1. The van der Waals surface area contributed by atoms with Gasteiger partial charge in [0.15, 0.2) is 0 Å². The van der Waals surface area contributed by atoms with Gasteiger partial charge in [0.2, 0.25) is 5.91 Å². The first-order valence-corrected chi connectivity index (χ1v) is 5.68. The Morgan fingerprint density at radius 3 is 2.69 bits per heavy atom. The Kier molecular flexibility index (Phi) is 5.68. The van der Waals surface area contributed by atoms with Crippen LogP contribution in [0.4, 0.5) is 0 Å². The maximum atomic E-state index is 10.7. The number of amides is 1. The minimum Gasteiger partial charge on any atom is -0.379 e. The number of rotatable bonds is 6. The third-order valence-electron chi connectivity index (χ3n) is 2.69. The lowest BCUT2D eigenvalue weighted by Crippen LogP contribution is -2.50. The lowest BCUT2D eigenvalue weighted by Gasteiger charge is -2.29. The van der Waals surface area contributed by atoms with Crippen LogP contribution in [0.15, 0.2) is 0 Å². The molecular formula is C10H22N4O2. The van der Waals surface area contributed by atoms with Gasteiger partial charge in [-0.1, -0.05) is 0 Å². The average molecular weight is 230 g/mol. The Balaban J connectivity index is 2.14. The van der Waals surface area contributed by atoms with E-state index >= 15 is 0 Å². The van der Waals surface area contributed by atoms with Gasteiger partial charge in [0, 0.05) is 32.2 Å². The summed E-state index contributed by atoms with van der Waals surface area (Å²) in [5.41, 5.74) is 10.6. The molecule has 1 saturated heterocycles. The van der Waals surface area contributed by atoms with Crippen molar-refractivity contribution >= 4 is 5.91 Å². The van der Waals surface area contributed by atoms with E-state index < -0.39 is 11.9 Å². The first kappa shape index (κ1) is 13.4. The maximum absolute atomic E-state index is 10.7. The van der Waals surface area contributed by atoms with Crippen molar-refractivity contribution in [3.8, 4) is 0 Å². The van der Waals surface area contributed by atoms with Crippen LogP contribution in [-0.4, -0.2) is 62.3 Å². The highest BCUT2D eigenvalue weighted by molar-refractivity contribution is 5.79. The van der Waals surface area contributed by atoms with Gasteiger partial charge in [0.25, 0.3) is 0 Å². The van der Waals surface area contributed by atoms with Gasteiger partial charge in [-0.2, -0.15) is 0 Å². The first-order valence-electron chi connectivity index (χ1n) is 5.68. The van der Waals surface area contributed by atoms with Crippen LogP contribution in [0.3, 0.4) is 0 Å². The average Bonchev–Trinajstić information content (AvgIpc) is 2.27. The molecule has 5 N–H and O–H groups in total. The number of primary amides is 1. The van der Waals surface area contributed by atoms with E-state index in [0.29, 0.717) is 12.6 Å².